The van der Waals surface area contributed by atoms with E-state index in [0.29, 0.717) is 10.9 Å². The molecule has 0 aliphatic carbocycles. The van der Waals surface area contributed by atoms with Crippen LogP contribution in [-0.2, 0) is 30.2 Å². The number of carbonyl (C=O) groups excluding carboxylic acids is 2. The van der Waals surface area contributed by atoms with Crippen LogP contribution in [0.25, 0.3) is 11.2 Å². The number of fused-ring (bicyclic) bond motifs is 1. The summed E-state index contributed by atoms with van der Waals surface area (Å²) in [6.45, 7) is -0.231. The molecule has 4 rings (SSSR count). The molecule has 12 heteroatoms. The lowest BCUT2D eigenvalue weighted by Gasteiger charge is -2.15. The summed E-state index contributed by atoms with van der Waals surface area (Å²) in [4.78, 5) is 54.6. The Bertz CT molecular complexity index is 1310. The highest BCUT2D eigenvalue weighted by atomic mass is 32.2. The summed E-state index contributed by atoms with van der Waals surface area (Å²) in [5.74, 6) is -0.422. The monoisotopic (exact) mass is 427 g/mol. The van der Waals surface area contributed by atoms with Crippen molar-refractivity contribution in [1.82, 2.24) is 24.1 Å². The molecular formula is C18H17N7O4S. The maximum absolute atomic E-state index is 12.4. The number of nitrogens with one attached hydrogen (secondary N) is 1. The molecule has 11 nitrogen and oxygen atoms in total. The van der Waals surface area contributed by atoms with Gasteiger partial charge in [-0.25, -0.2) is 15.2 Å². The smallest absolute Gasteiger partial charge is 0.315 e. The number of carbonyl (C=O) groups is 2. The van der Waals surface area contributed by atoms with E-state index in [9.17, 15) is 19.2 Å². The van der Waals surface area contributed by atoms with Gasteiger partial charge in [0.2, 0.25) is 5.91 Å². The van der Waals surface area contributed by atoms with Crippen molar-refractivity contribution in [3.63, 3.8) is 0 Å². The second-order valence-electron chi connectivity index (χ2n) is 6.53. The fraction of sp³-hybridized carbons (Fsp3) is 0.222. The van der Waals surface area contributed by atoms with Gasteiger partial charge in [-0.05, 0) is 12.1 Å². The zero-order valence-electron chi connectivity index (χ0n) is 16.1. The summed E-state index contributed by atoms with van der Waals surface area (Å²) in [7, 11) is 2.86. The maximum Gasteiger partial charge on any atom is 0.332 e. The van der Waals surface area contributed by atoms with E-state index >= 15 is 0 Å². The Morgan fingerprint density at radius 2 is 1.90 bits per heavy atom. The quantitative estimate of drug-likeness (QED) is 0.565. The fourth-order valence-corrected chi connectivity index (χ4v) is 3.92. The molecule has 3 heterocycles. The third-order valence-corrected chi connectivity index (χ3v) is 5.51. The molecule has 0 spiro atoms. The lowest BCUT2D eigenvalue weighted by atomic mass is 10.3. The Balaban J connectivity index is 1.57. The van der Waals surface area contributed by atoms with Crippen LogP contribution in [0.3, 0.4) is 0 Å². The van der Waals surface area contributed by atoms with E-state index in [1.165, 1.54) is 46.2 Å². The van der Waals surface area contributed by atoms with Crippen molar-refractivity contribution < 1.29 is 9.59 Å². The standard InChI is InChI=1S/C18H17N7O4S/c1-22-15-14(16(28)23(2)18(22)29)24(10-19-15)8-12(26)20-21-17-25(13(27)9-30-17)11-6-4-3-5-7-11/h3-7,10H,8-9H2,1-2H3,(H,20,26). The Hall–Kier alpha value is -3.67. The van der Waals surface area contributed by atoms with Gasteiger partial charge in [-0.3, -0.25) is 28.4 Å². The number of nitrogens with zero attached hydrogens (tertiary/aromatic N) is 6. The molecule has 1 saturated heterocycles. The predicted molar refractivity (Wildman–Crippen MR) is 112 cm³/mol. The van der Waals surface area contributed by atoms with Crippen molar-refractivity contribution in [3.05, 3.63) is 57.5 Å². The van der Waals surface area contributed by atoms with Gasteiger partial charge in [0.15, 0.2) is 16.3 Å². The highest BCUT2D eigenvalue weighted by molar-refractivity contribution is 8.15. The molecule has 1 aliphatic heterocycles. The number of amides is 2. The van der Waals surface area contributed by atoms with E-state index < -0.39 is 17.2 Å². The van der Waals surface area contributed by atoms with Crippen LogP contribution in [0.4, 0.5) is 5.69 Å². The number of rotatable bonds is 4. The van der Waals surface area contributed by atoms with Crippen molar-refractivity contribution >= 4 is 45.6 Å². The number of hydrazone groups is 1. The van der Waals surface area contributed by atoms with E-state index in [4.69, 9.17) is 0 Å². The molecule has 154 valence electrons. The molecule has 1 aromatic carbocycles. The topological polar surface area (TPSA) is 124 Å². The number of amidine groups is 1. The van der Waals surface area contributed by atoms with Crippen LogP contribution < -0.4 is 21.6 Å². The zero-order valence-corrected chi connectivity index (χ0v) is 16.9. The SMILES string of the molecule is Cn1c(=O)c2c(ncn2CC(=O)NN=C2SCC(=O)N2c2ccccc2)n(C)c1=O. The van der Waals surface area contributed by atoms with Gasteiger partial charge in [-0.15, -0.1) is 5.10 Å². The molecule has 2 amide bonds. The Kier molecular flexibility index (Phi) is 4.99. The van der Waals surface area contributed by atoms with Crippen molar-refractivity contribution in [1.29, 1.82) is 0 Å². The number of hydrogen-bond donors (Lipinski definition) is 1. The maximum atomic E-state index is 12.4. The number of imidazole rings is 1. The van der Waals surface area contributed by atoms with E-state index in [0.717, 1.165) is 4.57 Å². The van der Waals surface area contributed by atoms with E-state index in [-0.39, 0.29) is 29.4 Å². The average molecular weight is 427 g/mol. The molecule has 0 atom stereocenters. The molecule has 0 unspecified atom stereocenters. The van der Waals surface area contributed by atoms with Crippen LogP contribution in [0.1, 0.15) is 0 Å². The van der Waals surface area contributed by atoms with Crippen molar-refractivity contribution in [3.8, 4) is 0 Å². The second-order valence-corrected chi connectivity index (χ2v) is 7.48. The molecule has 0 radical (unpaired) electrons. The first-order valence-corrected chi connectivity index (χ1v) is 9.85. The molecule has 3 aromatic rings. The number of para-hydroxylation sites is 1. The van der Waals surface area contributed by atoms with Gasteiger partial charge >= 0.3 is 5.69 Å². The van der Waals surface area contributed by atoms with Crippen LogP contribution in [0.15, 0.2) is 51.3 Å². The molecule has 2 aromatic heterocycles. The summed E-state index contributed by atoms with van der Waals surface area (Å²) in [5, 5.41) is 4.43. The van der Waals surface area contributed by atoms with Crippen molar-refractivity contribution in [2.24, 2.45) is 19.2 Å². The lowest BCUT2D eigenvalue weighted by Crippen LogP contribution is -2.38. The summed E-state index contributed by atoms with van der Waals surface area (Å²) in [6, 6.07) is 9.00. The van der Waals surface area contributed by atoms with Gasteiger partial charge in [0.05, 0.1) is 17.8 Å². The summed E-state index contributed by atoms with van der Waals surface area (Å²) >= 11 is 1.22. The largest absolute Gasteiger partial charge is 0.332 e. The lowest BCUT2D eigenvalue weighted by molar-refractivity contribution is -0.121. The van der Waals surface area contributed by atoms with Gasteiger partial charge in [0.25, 0.3) is 11.5 Å². The van der Waals surface area contributed by atoms with Crippen LogP contribution in [0.5, 0.6) is 0 Å². The van der Waals surface area contributed by atoms with E-state index in [1.807, 2.05) is 6.07 Å². The highest BCUT2D eigenvalue weighted by Crippen LogP contribution is 2.25. The fourth-order valence-electron chi connectivity index (χ4n) is 3.09. The zero-order chi connectivity index (χ0) is 21.4. The number of aryl methyl sites for hydroxylation is 1. The van der Waals surface area contributed by atoms with E-state index in [1.54, 1.807) is 24.3 Å². The van der Waals surface area contributed by atoms with Crippen LogP contribution in [0, 0.1) is 0 Å². The minimum absolute atomic E-state index is 0.135. The molecular weight excluding hydrogens is 410 g/mol. The van der Waals surface area contributed by atoms with E-state index in [2.05, 4.69) is 15.5 Å². The normalized spacial score (nSPS) is 15.3. The van der Waals surface area contributed by atoms with Gasteiger partial charge in [0.1, 0.15) is 6.54 Å². The van der Waals surface area contributed by atoms with Crippen LogP contribution in [0.2, 0.25) is 0 Å². The van der Waals surface area contributed by atoms with Crippen LogP contribution in [-0.4, -0.2) is 41.4 Å². The number of benzene rings is 1. The van der Waals surface area contributed by atoms with Gasteiger partial charge in [0, 0.05) is 14.1 Å². The number of aromatic nitrogens is 4. The molecule has 1 aliphatic rings. The molecule has 0 bridgehead atoms. The molecule has 1 N–H and O–H groups in total. The minimum Gasteiger partial charge on any atom is -0.315 e. The first-order valence-electron chi connectivity index (χ1n) is 8.86. The predicted octanol–water partition coefficient (Wildman–Crippen LogP) is -0.399. The second kappa shape index (κ2) is 7.63. The Labute approximate surface area is 173 Å². The molecule has 1 fully saturated rings. The Morgan fingerprint density at radius 1 is 1.17 bits per heavy atom. The van der Waals surface area contributed by atoms with Gasteiger partial charge in [-0.1, -0.05) is 30.0 Å². The highest BCUT2D eigenvalue weighted by Gasteiger charge is 2.30. The molecule has 30 heavy (non-hydrogen) atoms. The number of thioether (sulfide) groups is 1. The average Bonchev–Trinajstić information content (AvgIpc) is 3.33. The van der Waals surface area contributed by atoms with Crippen LogP contribution >= 0.6 is 11.8 Å². The minimum atomic E-state index is -0.545. The third-order valence-electron chi connectivity index (χ3n) is 4.59. The number of hydrogen-bond acceptors (Lipinski definition) is 7. The third kappa shape index (κ3) is 3.30. The number of anilines is 1. The first-order chi connectivity index (χ1) is 14.4. The molecule has 0 saturated carbocycles. The van der Waals surface area contributed by atoms with Crippen molar-refractivity contribution in [2.45, 2.75) is 6.54 Å². The summed E-state index contributed by atoms with van der Waals surface area (Å²) < 4.78 is 3.55. The first kappa shape index (κ1) is 19.6. The summed E-state index contributed by atoms with van der Waals surface area (Å²) in [5.41, 5.74) is 2.35. The Morgan fingerprint density at radius 3 is 2.63 bits per heavy atom. The van der Waals surface area contributed by atoms with Gasteiger partial charge in [-0.2, -0.15) is 0 Å². The van der Waals surface area contributed by atoms with Crippen molar-refractivity contribution in [2.75, 3.05) is 10.7 Å². The van der Waals surface area contributed by atoms with Gasteiger partial charge < -0.3 is 4.57 Å². The summed E-state index contributed by atoms with van der Waals surface area (Å²) in [6.07, 6.45) is 1.32.